The Balaban J connectivity index is 2.75. The van der Waals surface area contributed by atoms with Gasteiger partial charge in [-0.15, -0.1) is 0 Å². The van der Waals surface area contributed by atoms with Gasteiger partial charge in [0.15, 0.2) is 0 Å². The van der Waals surface area contributed by atoms with Gasteiger partial charge in [-0.25, -0.2) is 0 Å². The molecule has 1 unspecified atom stereocenters. The number of halogens is 3. The number of alkyl halides is 3. The number of nitrogens with one attached hydrogen (secondary N) is 1. The molecule has 0 aromatic heterocycles. The summed E-state index contributed by atoms with van der Waals surface area (Å²) in [6.07, 6.45) is -1.69. The minimum atomic E-state index is -4.33. The van der Waals surface area contributed by atoms with Crippen LogP contribution in [0.5, 0.6) is 0 Å². The van der Waals surface area contributed by atoms with Gasteiger partial charge in [0.2, 0.25) is 5.91 Å². The van der Waals surface area contributed by atoms with E-state index >= 15 is 0 Å². The zero-order chi connectivity index (χ0) is 14.5. The summed E-state index contributed by atoms with van der Waals surface area (Å²) >= 11 is 0. The van der Waals surface area contributed by atoms with Crippen molar-refractivity contribution in [3.63, 3.8) is 0 Å². The number of hydrogen-bond acceptors (Lipinski definition) is 2. The zero-order valence-corrected chi connectivity index (χ0v) is 11.6. The quantitative estimate of drug-likeness (QED) is 0.839. The highest BCUT2D eigenvalue weighted by atomic mass is 19.4. The van der Waals surface area contributed by atoms with Gasteiger partial charge in [0, 0.05) is 12.0 Å². The average molecular weight is 280 g/mol. The fourth-order valence-electron chi connectivity index (χ4n) is 2.54. The van der Waals surface area contributed by atoms with Crippen molar-refractivity contribution >= 4 is 5.91 Å². The van der Waals surface area contributed by atoms with E-state index in [4.69, 9.17) is 0 Å². The first-order valence-corrected chi connectivity index (χ1v) is 6.93. The largest absolute Gasteiger partial charge is 0.406 e. The maximum absolute atomic E-state index is 12.7. The Hall–Kier alpha value is -0.780. The van der Waals surface area contributed by atoms with Crippen molar-refractivity contribution in [2.75, 3.05) is 19.6 Å². The number of piperidine rings is 1. The van der Waals surface area contributed by atoms with Crippen LogP contribution in [0.1, 0.15) is 39.5 Å². The molecule has 1 atom stereocenters. The molecule has 0 aromatic rings. The Morgan fingerprint density at radius 1 is 1.37 bits per heavy atom. The third-order valence-corrected chi connectivity index (χ3v) is 3.53. The number of carbonyl (C=O) groups is 1. The lowest BCUT2D eigenvalue weighted by Crippen LogP contribution is -2.51. The molecule has 0 aromatic carbocycles. The Labute approximate surface area is 112 Å². The number of hydrogen-bond donors (Lipinski definition) is 1. The van der Waals surface area contributed by atoms with Crippen LogP contribution in [-0.2, 0) is 4.79 Å². The predicted octanol–water partition coefficient (Wildman–Crippen LogP) is 2.57. The highest BCUT2D eigenvalue weighted by Gasteiger charge is 2.37. The van der Waals surface area contributed by atoms with Crippen LogP contribution >= 0.6 is 0 Å². The SMILES string of the molecule is CCCC(C)C(=O)N(CC(F)(F)F)C1CCNCC1. The summed E-state index contributed by atoms with van der Waals surface area (Å²) in [6, 6.07) is -0.283. The zero-order valence-electron chi connectivity index (χ0n) is 11.6. The third kappa shape index (κ3) is 5.38. The molecule has 6 heteroatoms. The van der Waals surface area contributed by atoms with Crippen molar-refractivity contribution in [3.05, 3.63) is 0 Å². The topological polar surface area (TPSA) is 32.3 Å². The second-order valence-electron chi connectivity index (χ2n) is 5.25. The van der Waals surface area contributed by atoms with Gasteiger partial charge in [-0.1, -0.05) is 20.3 Å². The molecule has 1 fully saturated rings. The molecule has 3 nitrogen and oxygen atoms in total. The van der Waals surface area contributed by atoms with Gasteiger partial charge in [0.25, 0.3) is 0 Å². The van der Waals surface area contributed by atoms with Crippen LogP contribution in [0.2, 0.25) is 0 Å². The van der Waals surface area contributed by atoms with Crippen molar-refractivity contribution in [1.82, 2.24) is 10.2 Å². The van der Waals surface area contributed by atoms with Gasteiger partial charge >= 0.3 is 6.18 Å². The lowest BCUT2D eigenvalue weighted by molar-refractivity contribution is -0.169. The summed E-state index contributed by atoms with van der Waals surface area (Å²) in [4.78, 5) is 13.3. The van der Waals surface area contributed by atoms with Gasteiger partial charge in [-0.2, -0.15) is 13.2 Å². The highest BCUT2D eigenvalue weighted by molar-refractivity contribution is 5.78. The van der Waals surface area contributed by atoms with E-state index in [1.54, 1.807) is 6.92 Å². The molecule has 19 heavy (non-hydrogen) atoms. The molecule has 1 aliphatic rings. The van der Waals surface area contributed by atoms with Crippen molar-refractivity contribution in [3.8, 4) is 0 Å². The molecule has 0 saturated carbocycles. The molecule has 1 N–H and O–H groups in total. The van der Waals surface area contributed by atoms with Crippen molar-refractivity contribution in [2.45, 2.75) is 51.7 Å². The number of nitrogens with zero attached hydrogens (tertiary/aromatic N) is 1. The van der Waals surface area contributed by atoms with Crippen LogP contribution in [0.4, 0.5) is 13.2 Å². The molecule has 1 heterocycles. The van der Waals surface area contributed by atoms with Crippen LogP contribution < -0.4 is 5.32 Å². The van der Waals surface area contributed by atoms with Crippen molar-refractivity contribution in [2.24, 2.45) is 5.92 Å². The van der Waals surface area contributed by atoms with Gasteiger partial charge in [-0.3, -0.25) is 4.79 Å². The van der Waals surface area contributed by atoms with E-state index in [0.29, 0.717) is 32.4 Å². The number of rotatable bonds is 5. The first-order valence-electron chi connectivity index (χ1n) is 6.93. The Morgan fingerprint density at radius 3 is 2.42 bits per heavy atom. The molecule has 0 bridgehead atoms. The van der Waals surface area contributed by atoms with Gasteiger partial charge in [0.05, 0.1) is 0 Å². The molecular formula is C13H23F3N2O. The van der Waals surface area contributed by atoms with Crippen molar-refractivity contribution < 1.29 is 18.0 Å². The highest BCUT2D eigenvalue weighted by Crippen LogP contribution is 2.24. The number of carbonyl (C=O) groups excluding carboxylic acids is 1. The van der Waals surface area contributed by atoms with Crippen LogP contribution in [0.25, 0.3) is 0 Å². The average Bonchev–Trinajstić information content (AvgIpc) is 2.35. The second-order valence-corrected chi connectivity index (χ2v) is 5.25. The van der Waals surface area contributed by atoms with Gasteiger partial charge in [-0.05, 0) is 32.4 Å². The van der Waals surface area contributed by atoms with Crippen LogP contribution in [-0.4, -0.2) is 42.7 Å². The molecule has 1 amide bonds. The molecule has 1 rings (SSSR count). The van der Waals surface area contributed by atoms with E-state index in [9.17, 15) is 18.0 Å². The van der Waals surface area contributed by atoms with E-state index in [1.807, 2.05) is 6.92 Å². The summed E-state index contributed by atoms with van der Waals surface area (Å²) in [5.41, 5.74) is 0. The van der Waals surface area contributed by atoms with Crippen molar-refractivity contribution in [1.29, 1.82) is 0 Å². The minimum Gasteiger partial charge on any atom is -0.330 e. The normalized spacial score (nSPS) is 19.2. The summed E-state index contributed by atoms with van der Waals surface area (Å²) < 4.78 is 38.0. The van der Waals surface area contributed by atoms with E-state index < -0.39 is 12.7 Å². The number of amides is 1. The monoisotopic (exact) mass is 280 g/mol. The summed E-state index contributed by atoms with van der Waals surface area (Å²) in [5, 5.41) is 3.11. The van der Waals surface area contributed by atoms with Gasteiger partial charge < -0.3 is 10.2 Å². The predicted molar refractivity (Wildman–Crippen MR) is 67.7 cm³/mol. The van der Waals surface area contributed by atoms with E-state index in [1.165, 1.54) is 0 Å². The van der Waals surface area contributed by atoms with Crippen LogP contribution in [0.3, 0.4) is 0 Å². The van der Waals surface area contributed by atoms with Crippen LogP contribution in [0, 0.1) is 5.92 Å². The Morgan fingerprint density at radius 2 is 1.95 bits per heavy atom. The first-order chi connectivity index (χ1) is 8.85. The summed E-state index contributed by atoms with van der Waals surface area (Å²) in [6.45, 7) is 3.88. The van der Waals surface area contributed by atoms with Gasteiger partial charge in [0.1, 0.15) is 6.54 Å². The fraction of sp³-hybridized carbons (Fsp3) is 0.923. The Kier molecular flexibility index (Phi) is 6.10. The van der Waals surface area contributed by atoms with E-state index in [2.05, 4.69) is 5.32 Å². The first kappa shape index (κ1) is 16.3. The summed E-state index contributed by atoms with van der Waals surface area (Å²) in [7, 11) is 0. The molecule has 0 aliphatic carbocycles. The van der Waals surface area contributed by atoms with E-state index in [-0.39, 0.29) is 17.9 Å². The molecule has 0 spiro atoms. The molecule has 0 radical (unpaired) electrons. The lowest BCUT2D eigenvalue weighted by atomic mass is 9.99. The fourth-order valence-corrected chi connectivity index (χ4v) is 2.54. The lowest BCUT2D eigenvalue weighted by Gasteiger charge is -2.36. The molecule has 112 valence electrons. The maximum Gasteiger partial charge on any atom is 0.406 e. The smallest absolute Gasteiger partial charge is 0.330 e. The Bertz CT molecular complexity index is 288. The third-order valence-electron chi connectivity index (χ3n) is 3.53. The van der Waals surface area contributed by atoms with E-state index in [0.717, 1.165) is 11.3 Å². The second kappa shape index (κ2) is 7.12. The minimum absolute atomic E-state index is 0.283. The summed E-state index contributed by atoms with van der Waals surface area (Å²) in [5.74, 6) is -0.687. The molecule has 1 aliphatic heterocycles. The standard InChI is InChI=1S/C13H23F3N2O/c1-3-4-10(2)12(19)18(9-13(14,15)16)11-5-7-17-8-6-11/h10-11,17H,3-9H2,1-2H3. The molecular weight excluding hydrogens is 257 g/mol. The maximum atomic E-state index is 12.7. The van der Waals surface area contributed by atoms with Crippen LogP contribution in [0.15, 0.2) is 0 Å². The molecule has 1 saturated heterocycles.